The van der Waals surface area contributed by atoms with E-state index in [2.05, 4.69) is 10.5 Å². The van der Waals surface area contributed by atoms with E-state index in [1.165, 1.54) is 5.56 Å². The van der Waals surface area contributed by atoms with Gasteiger partial charge in [0.1, 0.15) is 0 Å². The van der Waals surface area contributed by atoms with Gasteiger partial charge in [-0.2, -0.15) is 5.10 Å². The second-order valence-electron chi connectivity index (χ2n) is 5.22. The van der Waals surface area contributed by atoms with E-state index in [-0.39, 0.29) is 5.91 Å². The van der Waals surface area contributed by atoms with Crippen LogP contribution in [0, 0.1) is 6.92 Å². The van der Waals surface area contributed by atoms with Gasteiger partial charge in [-0.25, -0.2) is 5.43 Å². The molecule has 3 aromatic rings. The number of hydrogen-bond donors (Lipinski definition) is 1. The SMILES string of the molecule is Cc1ccc(/C=N\NC(=O)c2ccccc2-n2cccc2)cc1. The molecule has 23 heavy (non-hydrogen) atoms. The summed E-state index contributed by atoms with van der Waals surface area (Å²) in [6.07, 6.45) is 5.44. The van der Waals surface area contributed by atoms with Crippen molar-refractivity contribution in [3.05, 3.63) is 89.7 Å². The fourth-order valence-corrected chi connectivity index (χ4v) is 2.26. The van der Waals surface area contributed by atoms with Gasteiger partial charge in [0.25, 0.3) is 5.91 Å². The second kappa shape index (κ2) is 6.75. The lowest BCUT2D eigenvalue weighted by atomic mass is 10.1. The number of aryl methyl sites for hydroxylation is 1. The van der Waals surface area contributed by atoms with Gasteiger partial charge in [0.2, 0.25) is 0 Å². The summed E-state index contributed by atoms with van der Waals surface area (Å²) in [7, 11) is 0. The number of nitrogens with one attached hydrogen (secondary N) is 1. The number of rotatable bonds is 4. The molecule has 0 aliphatic rings. The first-order valence-corrected chi connectivity index (χ1v) is 7.36. The Bertz CT molecular complexity index is 818. The highest BCUT2D eigenvalue weighted by molar-refractivity contribution is 5.98. The third-order valence-electron chi connectivity index (χ3n) is 3.49. The molecule has 0 saturated heterocycles. The summed E-state index contributed by atoms with van der Waals surface area (Å²) in [4.78, 5) is 12.4. The maximum atomic E-state index is 12.4. The standard InChI is InChI=1S/C19H17N3O/c1-15-8-10-16(11-9-15)14-20-21-19(23)17-6-2-3-7-18(17)22-12-4-5-13-22/h2-14H,1H3,(H,21,23)/b20-14-. The van der Waals surface area contributed by atoms with Crippen molar-refractivity contribution in [3.8, 4) is 5.69 Å². The number of amides is 1. The predicted molar refractivity (Wildman–Crippen MR) is 92.0 cm³/mol. The maximum Gasteiger partial charge on any atom is 0.273 e. The molecular weight excluding hydrogens is 286 g/mol. The average molecular weight is 303 g/mol. The van der Waals surface area contributed by atoms with Crippen LogP contribution in [0.2, 0.25) is 0 Å². The Balaban J connectivity index is 1.75. The van der Waals surface area contributed by atoms with Crippen molar-refractivity contribution in [1.82, 2.24) is 9.99 Å². The molecule has 0 saturated carbocycles. The molecule has 1 aromatic heterocycles. The van der Waals surface area contributed by atoms with Crippen LogP contribution in [0.25, 0.3) is 5.69 Å². The smallest absolute Gasteiger partial charge is 0.273 e. The van der Waals surface area contributed by atoms with Crippen molar-refractivity contribution in [1.29, 1.82) is 0 Å². The minimum absolute atomic E-state index is 0.238. The van der Waals surface area contributed by atoms with Gasteiger partial charge >= 0.3 is 0 Å². The molecule has 0 aliphatic carbocycles. The molecule has 0 bridgehead atoms. The minimum atomic E-state index is -0.238. The van der Waals surface area contributed by atoms with Crippen molar-refractivity contribution in [2.45, 2.75) is 6.92 Å². The zero-order valence-electron chi connectivity index (χ0n) is 12.8. The van der Waals surface area contributed by atoms with Crippen molar-refractivity contribution < 1.29 is 4.79 Å². The van der Waals surface area contributed by atoms with Gasteiger partial charge in [0.15, 0.2) is 0 Å². The molecular formula is C19H17N3O. The van der Waals surface area contributed by atoms with Gasteiger partial charge in [-0.15, -0.1) is 0 Å². The van der Waals surface area contributed by atoms with Crippen LogP contribution in [0.15, 0.2) is 78.2 Å². The minimum Gasteiger partial charge on any atom is -0.323 e. The number of nitrogens with zero attached hydrogens (tertiary/aromatic N) is 2. The summed E-state index contributed by atoms with van der Waals surface area (Å²) in [5.41, 5.74) is 6.10. The van der Waals surface area contributed by atoms with E-state index in [9.17, 15) is 4.79 Å². The fourth-order valence-electron chi connectivity index (χ4n) is 2.26. The zero-order valence-corrected chi connectivity index (χ0v) is 12.8. The summed E-state index contributed by atoms with van der Waals surface area (Å²) in [5.74, 6) is -0.238. The van der Waals surface area contributed by atoms with Gasteiger partial charge in [-0.1, -0.05) is 42.0 Å². The van der Waals surface area contributed by atoms with E-state index < -0.39 is 0 Å². The molecule has 114 valence electrons. The van der Waals surface area contributed by atoms with Crippen LogP contribution < -0.4 is 5.43 Å². The van der Waals surface area contributed by atoms with E-state index in [1.807, 2.05) is 78.5 Å². The zero-order chi connectivity index (χ0) is 16.1. The molecule has 0 radical (unpaired) electrons. The highest BCUT2D eigenvalue weighted by Gasteiger charge is 2.10. The summed E-state index contributed by atoms with van der Waals surface area (Å²) in [6, 6.07) is 19.2. The Kier molecular flexibility index (Phi) is 4.34. The van der Waals surface area contributed by atoms with Gasteiger partial charge in [0, 0.05) is 12.4 Å². The topological polar surface area (TPSA) is 46.4 Å². The first-order chi connectivity index (χ1) is 11.2. The van der Waals surface area contributed by atoms with E-state index in [0.29, 0.717) is 5.56 Å². The largest absolute Gasteiger partial charge is 0.323 e. The van der Waals surface area contributed by atoms with Crippen LogP contribution in [-0.2, 0) is 0 Å². The fraction of sp³-hybridized carbons (Fsp3) is 0.0526. The van der Waals surface area contributed by atoms with Crippen molar-refractivity contribution >= 4 is 12.1 Å². The Morgan fingerprint density at radius 3 is 2.43 bits per heavy atom. The van der Waals surface area contributed by atoms with Crippen LogP contribution in [0.4, 0.5) is 0 Å². The second-order valence-corrected chi connectivity index (χ2v) is 5.22. The van der Waals surface area contributed by atoms with Crippen LogP contribution in [0.3, 0.4) is 0 Å². The molecule has 1 amide bonds. The lowest BCUT2D eigenvalue weighted by molar-refractivity contribution is 0.0955. The monoisotopic (exact) mass is 303 g/mol. The molecule has 0 spiro atoms. The molecule has 2 aromatic carbocycles. The van der Waals surface area contributed by atoms with Crippen LogP contribution in [0.5, 0.6) is 0 Å². The number of carbonyl (C=O) groups is 1. The molecule has 0 fully saturated rings. The first-order valence-electron chi connectivity index (χ1n) is 7.36. The highest BCUT2D eigenvalue weighted by Crippen LogP contribution is 2.14. The quantitative estimate of drug-likeness (QED) is 0.581. The molecule has 1 heterocycles. The van der Waals surface area contributed by atoms with Crippen LogP contribution in [-0.4, -0.2) is 16.7 Å². The van der Waals surface area contributed by atoms with E-state index in [1.54, 1.807) is 12.3 Å². The predicted octanol–water partition coefficient (Wildman–Crippen LogP) is 3.55. The molecule has 0 atom stereocenters. The van der Waals surface area contributed by atoms with Crippen LogP contribution in [0.1, 0.15) is 21.5 Å². The van der Waals surface area contributed by atoms with Crippen LogP contribution >= 0.6 is 0 Å². The van der Waals surface area contributed by atoms with Crippen molar-refractivity contribution in [2.24, 2.45) is 5.10 Å². The Morgan fingerprint density at radius 2 is 1.70 bits per heavy atom. The molecule has 4 heteroatoms. The summed E-state index contributed by atoms with van der Waals surface area (Å²) < 4.78 is 1.90. The number of benzene rings is 2. The Hall–Kier alpha value is -3.14. The van der Waals surface area contributed by atoms with E-state index >= 15 is 0 Å². The third-order valence-corrected chi connectivity index (χ3v) is 3.49. The molecule has 0 unspecified atom stereocenters. The summed E-state index contributed by atoms with van der Waals surface area (Å²) in [6.45, 7) is 2.03. The maximum absolute atomic E-state index is 12.4. The number of hydrazone groups is 1. The molecule has 3 rings (SSSR count). The number of para-hydroxylation sites is 1. The van der Waals surface area contributed by atoms with Gasteiger partial charge in [-0.05, 0) is 36.8 Å². The van der Waals surface area contributed by atoms with Crippen molar-refractivity contribution in [3.63, 3.8) is 0 Å². The van der Waals surface area contributed by atoms with Gasteiger partial charge in [0.05, 0.1) is 17.5 Å². The molecule has 1 N–H and O–H groups in total. The summed E-state index contributed by atoms with van der Waals surface area (Å²) >= 11 is 0. The summed E-state index contributed by atoms with van der Waals surface area (Å²) in [5, 5.41) is 4.04. The van der Waals surface area contributed by atoms with Gasteiger partial charge < -0.3 is 4.57 Å². The Morgan fingerprint density at radius 1 is 1.00 bits per heavy atom. The van der Waals surface area contributed by atoms with Gasteiger partial charge in [-0.3, -0.25) is 4.79 Å². The van der Waals surface area contributed by atoms with E-state index in [0.717, 1.165) is 11.3 Å². The first kappa shape index (κ1) is 14.8. The Labute approximate surface area is 135 Å². The number of carbonyl (C=O) groups excluding carboxylic acids is 1. The number of hydrogen-bond acceptors (Lipinski definition) is 2. The highest BCUT2D eigenvalue weighted by atomic mass is 16.2. The average Bonchev–Trinajstić information content (AvgIpc) is 3.11. The van der Waals surface area contributed by atoms with Crippen molar-refractivity contribution in [2.75, 3.05) is 0 Å². The lowest BCUT2D eigenvalue weighted by Gasteiger charge is -2.08. The lowest BCUT2D eigenvalue weighted by Crippen LogP contribution is -2.19. The normalized spacial score (nSPS) is 10.8. The van der Waals surface area contributed by atoms with E-state index in [4.69, 9.17) is 0 Å². The molecule has 0 aliphatic heterocycles. The number of aromatic nitrogens is 1. The molecule has 4 nitrogen and oxygen atoms in total. The third kappa shape index (κ3) is 3.55.